The molecule has 1 aliphatic heterocycles. The molecule has 0 bridgehead atoms. The zero-order valence-corrected chi connectivity index (χ0v) is 20.5. The molecule has 0 saturated heterocycles. The second-order valence-corrected chi connectivity index (χ2v) is 8.90. The number of pyridine rings is 1. The number of hydrogen-bond donors (Lipinski definition) is 0. The number of ether oxygens (including phenoxy) is 1. The highest BCUT2D eigenvalue weighted by Gasteiger charge is 2.34. The first-order valence-electron chi connectivity index (χ1n) is 11.0. The summed E-state index contributed by atoms with van der Waals surface area (Å²) in [5.41, 5.74) is 2.27. The number of fused-ring (bicyclic) bond motifs is 2. The van der Waals surface area contributed by atoms with Crippen molar-refractivity contribution in [1.82, 2.24) is 0 Å². The Hall–Kier alpha value is -4.13. The summed E-state index contributed by atoms with van der Waals surface area (Å²) < 4.78 is 6.64. The van der Waals surface area contributed by atoms with Gasteiger partial charge in [0.1, 0.15) is 0 Å². The van der Waals surface area contributed by atoms with Crippen LogP contribution in [0, 0.1) is 0 Å². The molecule has 176 valence electrons. The molecule has 8 heteroatoms. The van der Waals surface area contributed by atoms with Crippen molar-refractivity contribution in [3.05, 3.63) is 90.1 Å². The molecular weight excluding hydrogens is 460 g/mol. The number of esters is 1. The van der Waals surface area contributed by atoms with E-state index in [1.54, 1.807) is 40.5 Å². The van der Waals surface area contributed by atoms with Gasteiger partial charge >= 0.3 is 11.9 Å². The molecule has 0 saturated carbocycles. The Morgan fingerprint density at radius 1 is 1.03 bits per heavy atom. The summed E-state index contributed by atoms with van der Waals surface area (Å²) in [7, 11) is 3.84. The summed E-state index contributed by atoms with van der Waals surface area (Å²) >= 11 is 1.59. The van der Waals surface area contributed by atoms with Crippen LogP contribution in [0.1, 0.15) is 6.92 Å². The standard InChI is InChI=1S/C27H24N4O3S/c1-4-34-27(33)19(18-28)17-23(30-15-13-20(14-16-30)29(2)3)26(32)31-21-9-5-7-11-24(21)35-25-12-8-6-10-22(25)31/h5-17H,4H2,1-3H3/b23-17-. The van der Waals surface area contributed by atoms with E-state index in [9.17, 15) is 15.0 Å². The van der Waals surface area contributed by atoms with Crippen LogP contribution in [0.3, 0.4) is 0 Å². The minimum atomic E-state index is -0.777. The SMILES string of the molecule is CCOC(=O)C(=C=[N-])/C=C(/C(=O)N1c2ccccc2Sc2ccccc21)[n+]1ccc(N(C)C)cc1. The quantitative estimate of drug-likeness (QED) is 0.170. The molecule has 1 amide bonds. The lowest BCUT2D eigenvalue weighted by molar-refractivity contribution is -0.577. The third kappa shape index (κ3) is 4.89. The van der Waals surface area contributed by atoms with Crippen molar-refractivity contribution in [2.24, 2.45) is 0 Å². The maximum absolute atomic E-state index is 14.2. The molecule has 2 heterocycles. The van der Waals surface area contributed by atoms with Crippen molar-refractivity contribution in [2.45, 2.75) is 16.7 Å². The summed E-state index contributed by atoms with van der Waals surface area (Å²) in [6, 6.07) is 19.0. The van der Waals surface area contributed by atoms with Crippen molar-refractivity contribution in [3.63, 3.8) is 0 Å². The topological polar surface area (TPSA) is 76.0 Å². The Morgan fingerprint density at radius 2 is 1.60 bits per heavy atom. The fourth-order valence-electron chi connectivity index (χ4n) is 3.64. The number of aromatic nitrogens is 1. The highest BCUT2D eigenvalue weighted by atomic mass is 32.2. The average Bonchev–Trinajstić information content (AvgIpc) is 2.87. The second kappa shape index (κ2) is 10.4. The number of anilines is 3. The third-order valence-electron chi connectivity index (χ3n) is 5.36. The molecule has 4 rings (SSSR count). The fraction of sp³-hybridized carbons (Fsp3) is 0.148. The largest absolute Gasteiger partial charge is 0.763 e. The summed E-state index contributed by atoms with van der Waals surface area (Å²) in [6.45, 7) is 1.78. The molecule has 0 atom stereocenters. The lowest BCUT2D eigenvalue weighted by atomic mass is 10.1. The van der Waals surface area contributed by atoms with Gasteiger partial charge in [-0.2, -0.15) is 4.57 Å². The Bertz CT molecular complexity index is 1310. The van der Waals surface area contributed by atoms with Crippen LogP contribution < -0.4 is 14.4 Å². The van der Waals surface area contributed by atoms with Crippen LogP contribution in [-0.4, -0.2) is 38.4 Å². The van der Waals surface area contributed by atoms with Crippen molar-refractivity contribution in [1.29, 1.82) is 0 Å². The van der Waals surface area contributed by atoms with Gasteiger partial charge in [0.2, 0.25) is 0 Å². The first-order valence-corrected chi connectivity index (χ1v) is 11.8. The molecule has 7 nitrogen and oxygen atoms in total. The molecule has 1 aliphatic rings. The van der Waals surface area contributed by atoms with Crippen LogP contribution in [0.2, 0.25) is 0 Å². The van der Waals surface area contributed by atoms with Crippen LogP contribution >= 0.6 is 11.8 Å². The zero-order chi connectivity index (χ0) is 24.9. The third-order valence-corrected chi connectivity index (χ3v) is 6.49. The van der Waals surface area contributed by atoms with Crippen molar-refractivity contribution < 1.29 is 18.9 Å². The number of benzene rings is 2. The summed E-state index contributed by atoms with van der Waals surface area (Å²) in [4.78, 5) is 32.1. The lowest BCUT2D eigenvalue weighted by Crippen LogP contribution is -2.42. The first kappa shape index (κ1) is 24.0. The van der Waals surface area contributed by atoms with E-state index in [1.165, 1.54) is 6.08 Å². The monoisotopic (exact) mass is 484 g/mol. The van der Waals surface area contributed by atoms with E-state index in [2.05, 4.69) is 0 Å². The van der Waals surface area contributed by atoms with Gasteiger partial charge < -0.3 is 15.0 Å². The zero-order valence-electron chi connectivity index (χ0n) is 19.6. The van der Waals surface area contributed by atoms with Crippen LogP contribution in [-0.2, 0) is 14.3 Å². The van der Waals surface area contributed by atoms with Gasteiger partial charge in [-0.15, -0.1) is 0 Å². The minimum absolute atomic E-state index is 0.121. The van der Waals surface area contributed by atoms with Gasteiger partial charge in [-0.25, -0.2) is 4.79 Å². The smallest absolute Gasteiger partial charge is 0.344 e. The predicted molar refractivity (Wildman–Crippen MR) is 138 cm³/mol. The van der Waals surface area contributed by atoms with Gasteiger partial charge in [0.25, 0.3) is 5.70 Å². The van der Waals surface area contributed by atoms with E-state index in [0.717, 1.165) is 26.9 Å². The van der Waals surface area contributed by atoms with Crippen molar-refractivity contribution in [2.75, 3.05) is 30.5 Å². The molecule has 3 aromatic rings. The number of hydrogen-bond acceptors (Lipinski definition) is 5. The number of carbonyl (C=O) groups excluding carboxylic acids is 2. The Morgan fingerprint density at radius 3 is 2.11 bits per heavy atom. The Labute approximate surface area is 208 Å². The van der Waals surface area contributed by atoms with Crippen molar-refractivity contribution >= 4 is 52.3 Å². The Balaban J connectivity index is 1.89. The average molecular weight is 485 g/mol. The number of amides is 1. The van der Waals surface area contributed by atoms with Gasteiger partial charge in [-0.3, -0.25) is 15.6 Å². The molecule has 2 aromatic carbocycles. The molecule has 0 radical (unpaired) electrons. The van der Waals surface area contributed by atoms with Gasteiger partial charge in [0, 0.05) is 47.8 Å². The number of para-hydroxylation sites is 2. The van der Waals surface area contributed by atoms with E-state index >= 15 is 0 Å². The fourth-order valence-corrected chi connectivity index (χ4v) is 4.70. The van der Waals surface area contributed by atoms with Gasteiger partial charge in [0.05, 0.1) is 23.6 Å². The van der Waals surface area contributed by atoms with Gasteiger partial charge in [-0.1, -0.05) is 36.0 Å². The number of rotatable bonds is 6. The van der Waals surface area contributed by atoms with E-state index < -0.39 is 5.97 Å². The predicted octanol–water partition coefficient (Wildman–Crippen LogP) is 4.44. The maximum atomic E-state index is 14.2. The molecule has 1 aromatic heterocycles. The molecule has 0 spiro atoms. The molecule has 0 aliphatic carbocycles. The number of carbonyl (C=O) groups is 2. The summed E-state index contributed by atoms with van der Waals surface area (Å²) in [6.07, 6.45) is 4.76. The number of nitrogens with zero attached hydrogens (tertiary/aromatic N) is 4. The normalized spacial score (nSPS) is 12.2. The van der Waals surface area contributed by atoms with E-state index in [0.29, 0.717) is 0 Å². The van der Waals surface area contributed by atoms with E-state index in [-0.39, 0.29) is 23.8 Å². The van der Waals surface area contributed by atoms with Gasteiger partial charge in [-0.05, 0) is 31.2 Å². The molecular formula is C27H24N4O3S. The Kier molecular flexibility index (Phi) is 7.15. The summed E-state index contributed by atoms with van der Waals surface area (Å²) in [5.74, 6) is 0.720. The van der Waals surface area contributed by atoms with Crippen LogP contribution in [0.5, 0.6) is 0 Å². The van der Waals surface area contributed by atoms with Crippen LogP contribution in [0.4, 0.5) is 17.1 Å². The summed E-state index contributed by atoms with van der Waals surface area (Å²) in [5, 5.41) is 9.67. The van der Waals surface area contributed by atoms with Crippen LogP contribution in [0.15, 0.2) is 94.5 Å². The minimum Gasteiger partial charge on any atom is -0.763 e. The molecule has 0 fully saturated rings. The molecule has 35 heavy (non-hydrogen) atoms. The highest BCUT2D eigenvalue weighted by Crippen LogP contribution is 2.48. The maximum Gasteiger partial charge on any atom is 0.344 e. The van der Waals surface area contributed by atoms with E-state index in [4.69, 9.17) is 4.74 Å². The lowest BCUT2D eigenvalue weighted by Gasteiger charge is -2.30. The second-order valence-electron chi connectivity index (χ2n) is 7.81. The van der Waals surface area contributed by atoms with Crippen molar-refractivity contribution in [3.8, 4) is 0 Å². The highest BCUT2D eigenvalue weighted by molar-refractivity contribution is 7.99. The molecule has 0 unspecified atom stereocenters. The van der Waals surface area contributed by atoms with Gasteiger partial charge in [0.15, 0.2) is 12.4 Å². The first-order chi connectivity index (χ1) is 16.9. The van der Waals surface area contributed by atoms with E-state index in [1.807, 2.05) is 85.5 Å². The van der Waals surface area contributed by atoms with Crippen LogP contribution in [0.25, 0.3) is 11.1 Å². The molecule has 0 N–H and O–H groups in total.